The fourth-order valence-corrected chi connectivity index (χ4v) is 4.74. The van der Waals surface area contributed by atoms with Crippen molar-refractivity contribution < 1.29 is 9.53 Å². The summed E-state index contributed by atoms with van der Waals surface area (Å²) in [7, 11) is 1.67. The predicted octanol–water partition coefficient (Wildman–Crippen LogP) is 5.16. The maximum absolute atomic E-state index is 13.1. The van der Waals surface area contributed by atoms with Crippen molar-refractivity contribution in [3.05, 3.63) is 45.4 Å². The number of carbonyl (C=O) groups is 1. The number of hydrogen-bond acceptors (Lipinski definition) is 4. The Morgan fingerprint density at radius 1 is 1.26 bits per heavy atom. The van der Waals surface area contributed by atoms with Gasteiger partial charge < -0.3 is 15.0 Å². The summed E-state index contributed by atoms with van der Waals surface area (Å²) in [6, 6.07) is 8.18. The number of carbonyl (C=O) groups excluding carboxylic acids is 1. The van der Waals surface area contributed by atoms with Crippen molar-refractivity contribution in [3.8, 4) is 5.75 Å². The third-order valence-electron chi connectivity index (χ3n) is 5.19. The van der Waals surface area contributed by atoms with Crippen molar-refractivity contribution in [2.24, 2.45) is 0 Å². The molecule has 0 bridgehead atoms. The molecule has 0 saturated carbocycles. The maximum Gasteiger partial charge on any atom is 0.318 e. The largest absolute Gasteiger partial charge is 0.497 e. The van der Waals surface area contributed by atoms with Crippen molar-refractivity contribution in [3.63, 3.8) is 0 Å². The van der Waals surface area contributed by atoms with Gasteiger partial charge in [-0.2, -0.15) is 0 Å². The molecule has 0 aliphatic carbocycles. The van der Waals surface area contributed by atoms with Crippen molar-refractivity contribution in [1.82, 2.24) is 15.2 Å². The van der Waals surface area contributed by atoms with Gasteiger partial charge in [0.1, 0.15) is 5.75 Å². The normalized spacial score (nSPS) is 18.7. The third-order valence-corrected chi connectivity index (χ3v) is 6.44. The van der Waals surface area contributed by atoms with Crippen LogP contribution in [0.25, 0.3) is 0 Å². The van der Waals surface area contributed by atoms with Crippen molar-refractivity contribution in [2.45, 2.75) is 58.5 Å². The highest BCUT2D eigenvalue weighted by molar-refractivity contribution is 7.11. The molecule has 5 nitrogen and oxygen atoms in total. The standard InChI is InChI=1S/C21H29N3O2S/c1-14-20(27-16(3)22-14)15(2)23-21(25)24-13-7-5-6-8-19(24)17-9-11-18(26-4)12-10-17/h9-12,15,19H,5-8,13H2,1-4H3,(H,23,25)/t15-,19-/m1/s1. The fraction of sp³-hybridized carbons (Fsp3) is 0.524. The molecule has 0 radical (unpaired) electrons. The van der Waals surface area contributed by atoms with Gasteiger partial charge in [0.25, 0.3) is 0 Å². The maximum atomic E-state index is 13.1. The molecule has 2 aromatic rings. The molecule has 1 N–H and O–H groups in total. The second kappa shape index (κ2) is 8.74. The van der Waals surface area contributed by atoms with Crippen LogP contribution in [-0.4, -0.2) is 29.6 Å². The lowest BCUT2D eigenvalue weighted by molar-refractivity contribution is 0.173. The fourth-order valence-electron chi connectivity index (χ4n) is 3.81. The highest BCUT2D eigenvalue weighted by atomic mass is 32.1. The highest BCUT2D eigenvalue weighted by Crippen LogP contribution is 2.32. The monoisotopic (exact) mass is 387 g/mol. The first kappa shape index (κ1) is 19.7. The number of aromatic nitrogens is 1. The number of hydrogen-bond donors (Lipinski definition) is 1. The Morgan fingerprint density at radius 3 is 2.63 bits per heavy atom. The van der Waals surface area contributed by atoms with Crippen LogP contribution in [0.15, 0.2) is 24.3 Å². The highest BCUT2D eigenvalue weighted by Gasteiger charge is 2.28. The van der Waals surface area contributed by atoms with Crippen LogP contribution in [0.1, 0.15) is 65.8 Å². The Balaban J connectivity index is 1.77. The summed E-state index contributed by atoms with van der Waals surface area (Å²) in [5, 5.41) is 4.24. The van der Waals surface area contributed by atoms with Gasteiger partial charge in [-0.25, -0.2) is 9.78 Å². The van der Waals surface area contributed by atoms with Crippen LogP contribution in [0.4, 0.5) is 4.79 Å². The lowest BCUT2D eigenvalue weighted by Gasteiger charge is -2.31. The van der Waals surface area contributed by atoms with E-state index in [9.17, 15) is 4.79 Å². The van der Waals surface area contributed by atoms with Gasteiger partial charge in [-0.15, -0.1) is 11.3 Å². The Bertz CT molecular complexity index is 772. The van der Waals surface area contributed by atoms with Crippen molar-refractivity contribution >= 4 is 17.4 Å². The summed E-state index contributed by atoms with van der Waals surface area (Å²) in [6.07, 6.45) is 4.35. The van der Waals surface area contributed by atoms with Gasteiger partial charge in [0, 0.05) is 11.4 Å². The molecule has 2 atom stereocenters. The SMILES string of the molecule is COc1ccc([C@H]2CCCCCN2C(=O)N[C@H](C)c2sc(C)nc2C)cc1. The van der Waals surface area contributed by atoms with E-state index in [1.807, 2.05) is 37.8 Å². The van der Waals surface area contributed by atoms with Crippen LogP contribution in [0.3, 0.4) is 0 Å². The number of nitrogens with zero attached hydrogens (tertiary/aromatic N) is 2. The lowest BCUT2D eigenvalue weighted by atomic mass is 10.0. The molecular formula is C21H29N3O2S. The second-order valence-electron chi connectivity index (χ2n) is 7.19. The Labute approximate surface area is 165 Å². The van der Waals surface area contributed by atoms with Crippen LogP contribution in [0.5, 0.6) is 5.75 Å². The number of nitrogens with one attached hydrogen (secondary N) is 1. The van der Waals surface area contributed by atoms with Crippen LogP contribution < -0.4 is 10.1 Å². The molecule has 1 fully saturated rings. The topological polar surface area (TPSA) is 54.5 Å². The van der Waals surface area contributed by atoms with Crippen LogP contribution >= 0.6 is 11.3 Å². The Kier molecular flexibility index (Phi) is 6.37. The number of methoxy groups -OCH3 is 1. The van der Waals surface area contributed by atoms with Gasteiger partial charge in [-0.3, -0.25) is 0 Å². The number of benzene rings is 1. The quantitative estimate of drug-likeness (QED) is 0.789. The minimum atomic E-state index is -0.0385. The average Bonchev–Trinajstić information content (AvgIpc) is 2.86. The van der Waals surface area contributed by atoms with E-state index in [2.05, 4.69) is 22.4 Å². The van der Waals surface area contributed by atoms with E-state index in [4.69, 9.17) is 4.74 Å². The van der Waals surface area contributed by atoms with E-state index in [1.54, 1.807) is 18.4 Å². The van der Waals surface area contributed by atoms with Gasteiger partial charge in [0.05, 0.1) is 29.9 Å². The van der Waals surface area contributed by atoms with E-state index in [1.165, 1.54) is 12.0 Å². The summed E-state index contributed by atoms with van der Waals surface area (Å²) in [6.45, 7) is 6.84. The van der Waals surface area contributed by atoms with E-state index >= 15 is 0 Å². The molecule has 1 aliphatic rings. The number of thiazole rings is 1. The molecule has 0 spiro atoms. The summed E-state index contributed by atoms with van der Waals surface area (Å²) < 4.78 is 5.27. The van der Waals surface area contributed by atoms with E-state index < -0.39 is 0 Å². The van der Waals surface area contributed by atoms with Crippen molar-refractivity contribution in [2.75, 3.05) is 13.7 Å². The minimum absolute atomic E-state index is 0.00988. The molecular weight excluding hydrogens is 358 g/mol. The first-order valence-electron chi connectivity index (χ1n) is 9.64. The average molecular weight is 388 g/mol. The molecule has 146 valence electrons. The molecule has 6 heteroatoms. The van der Waals surface area contributed by atoms with E-state index in [-0.39, 0.29) is 18.1 Å². The minimum Gasteiger partial charge on any atom is -0.497 e. The zero-order chi connectivity index (χ0) is 19.4. The number of amides is 2. The molecule has 2 amide bonds. The van der Waals surface area contributed by atoms with Gasteiger partial charge in [-0.05, 0) is 51.3 Å². The zero-order valence-corrected chi connectivity index (χ0v) is 17.4. The molecule has 2 heterocycles. The molecule has 1 aromatic carbocycles. The summed E-state index contributed by atoms with van der Waals surface area (Å²) in [5.41, 5.74) is 2.18. The summed E-state index contributed by atoms with van der Waals surface area (Å²) >= 11 is 1.66. The smallest absolute Gasteiger partial charge is 0.318 e. The van der Waals surface area contributed by atoms with Crippen LogP contribution in [0.2, 0.25) is 0 Å². The van der Waals surface area contributed by atoms with E-state index in [0.717, 1.165) is 47.1 Å². The zero-order valence-electron chi connectivity index (χ0n) is 16.6. The first-order chi connectivity index (χ1) is 13.0. The lowest BCUT2D eigenvalue weighted by Crippen LogP contribution is -2.43. The number of rotatable bonds is 4. The van der Waals surface area contributed by atoms with Crippen molar-refractivity contribution in [1.29, 1.82) is 0 Å². The van der Waals surface area contributed by atoms with E-state index in [0.29, 0.717) is 0 Å². The summed E-state index contributed by atoms with van der Waals surface area (Å²) in [5.74, 6) is 0.841. The number of likely N-dealkylation sites (tertiary alicyclic amines) is 1. The van der Waals surface area contributed by atoms with Gasteiger partial charge >= 0.3 is 6.03 Å². The molecule has 3 rings (SSSR count). The molecule has 1 aliphatic heterocycles. The summed E-state index contributed by atoms with van der Waals surface area (Å²) in [4.78, 5) is 20.8. The Hall–Kier alpha value is -2.08. The number of urea groups is 1. The van der Waals surface area contributed by atoms with Gasteiger partial charge in [0.15, 0.2) is 0 Å². The van der Waals surface area contributed by atoms with Gasteiger partial charge in [0.2, 0.25) is 0 Å². The Morgan fingerprint density at radius 2 is 2.00 bits per heavy atom. The number of aryl methyl sites for hydroxylation is 2. The molecule has 1 saturated heterocycles. The van der Waals surface area contributed by atoms with Gasteiger partial charge in [-0.1, -0.05) is 25.0 Å². The molecule has 27 heavy (non-hydrogen) atoms. The first-order valence-corrected chi connectivity index (χ1v) is 10.5. The number of ether oxygens (including phenoxy) is 1. The molecule has 0 unspecified atom stereocenters. The molecule has 1 aromatic heterocycles. The van der Waals surface area contributed by atoms with Crippen LogP contribution in [0, 0.1) is 13.8 Å². The van der Waals surface area contributed by atoms with Crippen LogP contribution in [-0.2, 0) is 0 Å². The second-order valence-corrected chi connectivity index (χ2v) is 8.42. The predicted molar refractivity (Wildman–Crippen MR) is 109 cm³/mol. The third kappa shape index (κ3) is 4.61.